The number of rotatable bonds is 5. The van der Waals surface area contributed by atoms with Gasteiger partial charge in [-0.25, -0.2) is 0 Å². The summed E-state index contributed by atoms with van der Waals surface area (Å²) in [5.41, 5.74) is 6.66. The molecule has 1 aromatic carbocycles. The van der Waals surface area contributed by atoms with Gasteiger partial charge >= 0.3 is 0 Å². The Morgan fingerprint density at radius 2 is 1.76 bits per heavy atom. The summed E-state index contributed by atoms with van der Waals surface area (Å²) in [5, 5.41) is 5.63. The number of hydrogen-bond acceptors (Lipinski definition) is 3. The van der Waals surface area contributed by atoms with E-state index in [4.69, 9.17) is 5.73 Å². The number of carbonyl (C=O) groups is 2. The van der Waals surface area contributed by atoms with Crippen molar-refractivity contribution in [3.8, 4) is 0 Å². The summed E-state index contributed by atoms with van der Waals surface area (Å²) in [6.45, 7) is 7.76. The van der Waals surface area contributed by atoms with E-state index in [-0.39, 0.29) is 17.4 Å². The highest BCUT2D eigenvalue weighted by Gasteiger charge is 2.16. The molecular weight excluding hydrogens is 266 g/mol. The van der Waals surface area contributed by atoms with Crippen molar-refractivity contribution >= 4 is 17.5 Å². The second-order valence-corrected chi connectivity index (χ2v) is 6.17. The van der Waals surface area contributed by atoms with E-state index in [2.05, 4.69) is 10.6 Å². The van der Waals surface area contributed by atoms with E-state index in [1.807, 2.05) is 27.7 Å². The molecule has 5 nitrogen and oxygen atoms in total. The lowest BCUT2D eigenvalue weighted by Crippen LogP contribution is -2.40. The van der Waals surface area contributed by atoms with Crippen molar-refractivity contribution in [2.45, 2.75) is 52.1 Å². The molecule has 0 aliphatic rings. The Hall–Kier alpha value is -1.88. The Kier molecular flexibility index (Phi) is 5.90. The quantitative estimate of drug-likeness (QED) is 0.778. The maximum atomic E-state index is 12.0. The molecule has 0 spiro atoms. The molecular formula is C16H25N3O2. The third kappa shape index (κ3) is 5.95. The van der Waals surface area contributed by atoms with Gasteiger partial charge in [0.2, 0.25) is 5.91 Å². The van der Waals surface area contributed by atoms with E-state index in [1.165, 1.54) is 0 Å². The van der Waals surface area contributed by atoms with Crippen LogP contribution in [0.5, 0.6) is 0 Å². The topological polar surface area (TPSA) is 84.2 Å². The number of anilines is 1. The number of hydrogen-bond donors (Lipinski definition) is 3. The summed E-state index contributed by atoms with van der Waals surface area (Å²) in [6, 6.07) is 6.27. The molecule has 1 rings (SSSR count). The van der Waals surface area contributed by atoms with Gasteiger partial charge in [-0.2, -0.15) is 0 Å². The van der Waals surface area contributed by atoms with Crippen LogP contribution < -0.4 is 16.4 Å². The first-order valence-electron chi connectivity index (χ1n) is 7.22. The van der Waals surface area contributed by atoms with Gasteiger partial charge in [0.1, 0.15) is 0 Å². The zero-order valence-corrected chi connectivity index (χ0v) is 13.2. The predicted molar refractivity (Wildman–Crippen MR) is 85.2 cm³/mol. The molecule has 0 saturated heterocycles. The van der Waals surface area contributed by atoms with Gasteiger partial charge < -0.3 is 16.4 Å². The molecule has 5 heteroatoms. The van der Waals surface area contributed by atoms with Crippen molar-refractivity contribution in [2.24, 2.45) is 5.73 Å². The standard InChI is InChI=1S/C16H25N3O2/c1-5-6-13(17)15(21)18-12-9-7-11(8-10-12)14(20)19-16(2,3)4/h7-10,13H,5-6,17H2,1-4H3,(H,18,21)(H,19,20)/t13-/m1/s1. The molecule has 0 unspecified atom stereocenters. The normalized spacial score (nSPS) is 12.6. The number of nitrogens with one attached hydrogen (secondary N) is 2. The minimum absolute atomic E-state index is 0.136. The second-order valence-electron chi connectivity index (χ2n) is 6.17. The lowest BCUT2D eigenvalue weighted by atomic mass is 10.1. The number of nitrogens with two attached hydrogens (primary N) is 1. The van der Waals surface area contributed by atoms with Crippen molar-refractivity contribution in [1.29, 1.82) is 0 Å². The fraction of sp³-hybridized carbons (Fsp3) is 0.500. The Morgan fingerprint density at radius 1 is 1.19 bits per heavy atom. The Balaban J connectivity index is 2.66. The first kappa shape index (κ1) is 17.2. The van der Waals surface area contributed by atoms with Crippen molar-refractivity contribution < 1.29 is 9.59 Å². The SMILES string of the molecule is CCC[C@@H](N)C(=O)Nc1ccc(C(=O)NC(C)(C)C)cc1. The van der Waals surface area contributed by atoms with Crippen LogP contribution in [0.4, 0.5) is 5.69 Å². The highest BCUT2D eigenvalue weighted by atomic mass is 16.2. The summed E-state index contributed by atoms with van der Waals surface area (Å²) < 4.78 is 0. The van der Waals surface area contributed by atoms with Crippen molar-refractivity contribution in [3.05, 3.63) is 29.8 Å². The zero-order chi connectivity index (χ0) is 16.0. The van der Waals surface area contributed by atoms with Crippen LogP contribution in [0.15, 0.2) is 24.3 Å². The average Bonchev–Trinajstić information content (AvgIpc) is 2.37. The molecule has 4 N–H and O–H groups in total. The van der Waals surface area contributed by atoms with Crippen LogP contribution in [0.25, 0.3) is 0 Å². The van der Waals surface area contributed by atoms with Crippen LogP contribution in [-0.2, 0) is 4.79 Å². The van der Waals surface area contributed by atoms with E-state index in [9.17, 15) is 9.59 Å². The molecule has 0 aliphatic heterocycles. The van der Waals surface area contributed by atoms with E-state index in [0.717, 1.165) is 6.42 Å². The molecule has 0 saturated carbocycles. The van der Waals surface area contributed by atoms with Crippen LogP contribution >= 0.6 is 0 Å². The monoisotopic (exact) mass is 291 g/mol. The maximum Gasteiger partial charge on any atom is 0.251 e. The van der Waals surface area contributed by atoms with Gasteiger partial charge in [0.05, 0.1) is 6.04 Å². The third-order valence-corrected chi connectivity index (χ3v) is 2.84. The van der Waals surface area contributed by atoms with E-state index in [0.29, 0.717) is 17.7 Å². The molecule has 1 atom stereocenters. The van der Waals surface area contributed by atoms with Crippen molar-refractivity contribution in [2.75, 3.05) is 5.32 Å². The van der Waals surface area contributed by atoms with Crippen molar-refractivity contribution in [3.63, 3.8) is 0 Å². The molecule has 0 radical (unpaired) electrons. The molecule has 0 aliphatic carbocycles. The molecule has 0 bridgehead atoms. The van der Waals surface area contributed by atoms with Gasteiger partial charge in [-0.1, -0.05) is 13.3 Å². The zero-order valence-electron chi connectivity index (χ0n) is 13.2. The van der Waals surface area contributed by atoms with Crippen LogP contribution in [0.1, 0.15) is 50.9 Å². The minimum atomic E-state index is -0.501. The molecule has 1 aromatic rings. The summed E-state index contributed by atoms with van der Waals surface area (Å²) in [4.78, 5) is 23.8. The van der Waals surface area contributed by atoms with Crippen molar-refractivity contribution in [1.82, 2.24) is 5.32 Å². The number of amides is 2. The second kappa shape index (κ2) is 7.22. The third-order valence-electron chi connectivity index (χ3n) is 2.84. The number of carbonyl (C=O) groups excluding carboxylic acids is 2. The van der Waals surface area contributed by atoms with E-state index >= 15 is 0 Å². The van der Waals surface area contributed by atoms with Crippen LogP contribution in [0.3, 0.4) is 0 Å². The summed E-state index contributed by atoms with van der Waals surface area (Å²) in [5.74, 6) is -0.341. The van der Waals surface area contributed by atoms with Crippen LogP contribution in [-0.4, -0.2) is 23.4 Å². The first-order valence-corrected chi connectivity index (χ1v) is 7.22. The van der Waals surface area contributed by atoms with E-state index < -0.39 is 6.04 Å². The van der Waals surface area contributed by atoms with Gasteiger partial charge in [-0.3, -0.25) is 9.59 Å². The fourth-order valence-electron chi connectivity index (χ4n) is 1.79. The van der Waals surface area contributed by atoms with Gasteiger partial charge in [-0.15, -0.1) is 0 Å². The van der Waals surface area contributed by atoms with Gasteiger partial charge in [0.25, 0.3) is 5.91 Å². The molecule has 116 valence electrons. The Morgan fingerprint density at radius 3 is 2.24 bits per heavy atom. The lowest BCUT2D eigenvalue weighted by molar-refractivity contribution is -0.117. The smallest absolute Gasteiger partial charge is 0.251 e. The number of benzene rings is 1. The lowest BCUT2D eigenvalue weighted by Gasteiger charge is -2.20. The maximum absolute atomic E-state index is 12.0. The van der Waals surface area contributed by atoms with Gasteiger partial charge in [-0.05, 0) is 51.5 Å². The molecule has 0 aromatic heterocycles. The highest BCUT2D eigenvalue weighted by Crippen LogP contribution is 2.11. The summed E-state index contributed by atoms with van der Waals surface area (Å²) in [7, 11) is 0. The molecule has 0 fully saturated rings. The summed E-state index contributed by atoms with van der Waals surface area (Å²) >= 11 is 0. The predicted octanol–water partition coefficient (Wildman–Crippen LogP) is 2.28. The Labute approximate surface area is 126 Å². The largest absolute Gasteiger partial charge is 0.347 e. The Bertz CT molecular complexity index is 489. The van der Waals surface area contributed by atoms with Crippen LogP contribution in [0, 0.1) is 0 Å². The van der Waals surface area contributed by atoms with E-state index in [1.54, 1.807) is 24.3 Å². The molecule has 2 amide bonds. The molecule has 0 heterocycles. The fourth-order valence-corrected chi connectivity index (χ4v) is 1.79. The minimum Gasteiger partial charge on any atom is -0.347 e. The molecule has 21 heavy (non-hydrogen) atoms. The van der Waals surface area contributed by atoms with Gasteiger partial charge in [0.15, 0.2) is 0 Å². The average molecular weight is 291 g/mol. The van der Waals surface area contributed by atoms with Crippen LogP contribution in [0.2, 0.25) is 0 Å². The first-order chi connectivity index (χ1) is 9.73. The summed E-state index contributed by atoms with van der Waals surface area (Å²) in [6.07, 6.45) is 1.51. The highest BCUT2D eigenvalue weighted by molar-refractivity contribution is 5.97. The van der Waals surface area contributed by atoms with Gasteiger partial charge in [0, 0.05) is 16.8 Å².